The van der Waals surface area contributed by atoms with Crippen molar-refractivity contribution in [2.24, 2.45) is 0 Å². The Morgan fingerprint density at radius 3 is 2.73 bits per heavy atom. The van der Waals surface area contributed by atoms with Gasteiger partial charge in [0.1, 0.15) is 11.4 Å². The molecule has 1 heterocycles. The van der Waals surface area contributed by atoms with Gasteiger partial charge in [0, 0.05) is 17.3 Å². The van der Waals surface area contributed by atoms with Crippen LogP contribution in [0, 0.1) is 18.3 Å². The molecular weight excluding hydrogens is 202 g/mol. The Bertz CT molecular complexity index is 399. The van der Waals surface area contributed by atoms with E-state index in [1.807, 2.05) is 6.07 Å². The molecule has 0 spiro atoms. The molecule has 5 heteroatoms. The van der Waals surface area contributed by atoms with Gasteiger partial charge in [-0.1, -0.05) is 0 Å². The predicted octanol–water partition coefficient (Wildman–Crippen LogP) is 2.40. The highest BCUT2D eigenvalue weighted by Gasteiger charge is 2.15. The second kappa shape index (κ2) is 4.69. The Labute approximate surface area is 86.3 Å². The Morgan fingerprint density at radius 2 is 2.27 bits per heavy atom. The number of pyridine rings is 1. The van der Waals surface area contributed by atoms with Gasteiger partial charge in [-0.2, -0.15) is 5.26 Å². The number of hydrogen-bond acceptors (Lipinski definition) is 3. The smallest absolute Gasteiger partial charge is 0.280 e. The summed E-state index contributed by atoms with van der Waals surface area (Å²) in [5, 5.41) is 8.56. The van der Waals surface area contributed by atoms with Crippen molar-refractivity contribution < 1.29 is 13.5 Å². The molecule has 0 unspecified atom stereocenters. The van der Waals surface area contributed by atoms with E-state index in [9.17, 15) is 8.78 Å². The lowest BCUT2D eigenvalue weighted by Crippen LogP contribution is -2.01. The molecule has 1 rings (SSSR count). The second-order valence-electron chi connectivity index (χ2n) is 2.95. The minimum absolute atomic E-state index is 0.103. The average molecular weight is 212 g/mol. The molecule has 0 bridgehead atoms. The van der Waals surface area contributed by atoms with Crippen LogP contribution in [-0.2, 0) is 6.42 Å². The standard InChI is InChI=1S/C10H10F2N2O/c1-6-7(3-4-13)9(15-2)5-8(14-6)10(11)12/h5,10H,3H2,1-2H3. The molecule has 0 aliphatic rings. The number of nitrogens with zero attached hydrogens (tertiary/aromatic N) is 2. The lowest BCUT2D eigenvalue weighted by molar-refractivity contribution is 0.145. The van der Waals surface area contributed by atoms with Crippen LogP contribution < -0.4 is 4.74 Å². The van der Waals surface area contributed by atoms with Gasteiger partial charge in [-0.05, 0) is 6.92 Å². The van der Waals surface area contributed by atoms with Gasteiger partial charge in [0.25, 0.3) is 6.43 Å². The summed E-state index contributed by atoms with van der Waals surface area (Å²) in [7, 11) is 1.38. The zero-order valence-corrected chi connectivity index (χ0v) is 8.42. The number of hydrogen-bond donors (Lipinski definition) is 0. The van der Waals surface area contributed by atoms with E-state index in [0.29, 0.717) is 17.0 Å². The summed E-state index contributed by atoms with van der Waals surface area (Å²) in [5.74, 6) is 0.291. The van der Waals surface area contributed by atoms with Crippen molar-refractivity contribution >= 4 is 0 Å². The fourth-order valence-electron chi connectivity index (χ4n) is 1.28. The van der Waals surface area contributed by atoms with Gasteiger partial charge in [0.05, 0.1) is 19.6 Å². The lowest BCUT2D eigenvalue weighted by atomic mass is 10.1. The van der Waals surface area contributed by atoms with Crippen molar-refractivity contribution in [3.05, 3.63) is 23.0 Å². The molecule has 0 fully saturated rings. The molecule has 0 radical (unpaired) electrons. The quantitative estimate of drug-likeness (QED) is 0.772. The van der Waals surface area contributed by atoms with Crippen molar-refractivity contribution in [2.75, 3.05) is 7.11 Å². The maximum Gasteiger partial charge on any atom is 0.280 e. The van der Waals surface area contributed by atoms with Crippen LogP contribution in [0.3, 0.4) is 0 Å². The van der Waals surface area contributed by atoms with Gasteiger partial charge < -0.3 is 4.74 Å². The third-order valence-corrected chi connectivity index (χ3v) is 2.01. The highest BCUT2D eigenvalue weighted by molar-refractivity contribution is 5.39. The fourth-order valence-corrected chi connectivity index (χ4v) is 1.28. The zero-order valence-electron chi connectivity index (χ0n) is 8.42. The van der Waals surface area contributed by atoms with Crippen LogP contribution in [0.2, 0.25) is 0 Å². The van der Waals surface area contributed by atoms with Gasteiger partial charge in [-0.3, -0.25) is 4.98 Å². The number of nitriles is 1. The topological polar surface area (TPSA) is 45.9 Å². The number of aryl methyl sites for hydroxylation is 1. The van der Waals surface area contributed by atoms with Gasteiger partial charge >= 0.3 is 0 Å². The van der Waals surface area contributed by atoms with Crippen LogP contribution in [0.4, 0.5) is 8.78 Å². The van der Waals surface area contributed by atoms with Crippen molar-refractivity contribution in [1.29, 1.82) is 5.26 Å². The predicted molar refractivity (Wildman–Crippen MR) is 49.8 cm³/mol. The summed E-state index contributed by atoms with van der Waals surface area (Å²) in [6, 6.07) is 3.11. The fraction of sp³-hybridized carbons (Fsp3) is 0.400. The summed E-state index contributed by atoms with van der Waals surface area (Å²) in [4.78, 5) is 3.72. The largest absolute Gasteiger partial charge is 0.496 e. The molecule has 0 amide bonds. The third kappa shape index (κ3) is 2.40. The van der Waals surface area contributed by atoms with Crippen molar-refractivity contribution in [2.45, 2.75) is 19.8 Å². The summed E-state index contributed by atoms with van der Waals surface area (Å²) in [6.45, 7) is 1.58. The lowest BCUT2D eigenvalue weighted by Gasteiger charge is -2.10. The zero-order chi connectivity index (χ0) is 11.4. The molecule has 0 N–H and O–H groups in total. The van der Waals surface area contributed by atoms with Gasteiger partial charge in [0.2, 0.25) is 0 Å². The first-order chi connectivity index (χ1) is 7.10. The molecule has 3 nitrogen and oxygen atoms in total. The molecule has 15 heavy (non-hydrogen) atoms. The molecule has 0 saturated carbocycles. The molecular formula is C10H10F2N2O. The van der Waals surface area contributed by atoms with E-state index in [2.05, 4.69) is 4.98 Å². The van der Waals surface area contributed by atoms with Crippen LogP contribution in [0.25, 0.3) is 0 Å². The third-order valence-electron chi connectivity index (χ3n) is 2.01. The van der Waals surface area contributed by atoms with E-state index in [0.717, 1.165) is 0 Å². The Balaban J connectivity index is 3.25. The van der Waals surface area contributed by atoms with Crippen molar-refractivity contribution in [3.63, 3.8) is 0 Å². The first-order valence-electron chi connectivity index (χ1n) is 4.29. The van der Waals surface area contributed by atoms with Crippen molar-refractivity contribution in [1.82, 2.24) is 4.98 Å². The minimum Gasteiger partial charge on any atom is -0.496 e. The number of methoxy groups -OCH3 is 1. The monoisotopic (exact) mass is 212 g/mol. The molecule has 0 aliphatic carbocycles. The highest BCUT2D eigenvalue weighted by Crippen LogP contribution is 2.27. The Kier molecular flexibility index (Phi) is 3.56. The van der Waals surface area contributed by atoms with Crippen LogP contribution in [-0.4, -0.2) is 12.1 Å². The molecule has 0 aromatic carbocycles. The van der Waals surface area contributed by atoms with Crippen LogP contribution in [0.15, 0.2) is 6.07 Å². The molecule has 80 valence electrons. The Hall–Kier alpha value is -1.70. The van der Waals surface area contributed by atoms with E-state index in [1.54, 1.807) is 6.92 Å². The first-order valence-corrected chi connectivity index (χ1v) is 4.29. The van der Waals surface area contributed by atoms with E-state index in [-0.39, 0.29) is 12.1 Å². The average Bonchev–Trinajstić information content (AvgIpc) is 2.20. The van der Waals surface area contributed by atoms with E-state index in [1.165, 1.54) is 13.2 Å². The summed E-state index contributed by atoms with van der Waals surface area (Å²) >= 11 is 0. The van der Waals surface area contributed by atoms with Gasteiger partial charge in [0.15, 0.2) is 0 Å². The van der Waals surface area contributed by atoms with Crippen LogP contribution in [0.5, 0.6) is 5.75 Å². The van der Waals surface area contributed by atoms with Gasteiger partial charge in [-0.15, -0.1) is 0 Å². The molecule has 0 aliphatic heterocycles. The van der Waals surface area contributed by atoms with E-state index >= 15 is 0 Å². The Morgan fingerprint density at radius 1 is 1.60 bits per heavy atom. The number of aromatic nitrogens is 1. The number of halogens is 2. The number of ether oxygens (including phenoxy) is 1. The SMILES string of the molecule is COc1cc(C(F)F)nc(C)c1CC#N. The maximum atomic E-state index is 12.4. The minimum atomic E-state index is -2.63. The summed E-state index contributed by atoms with van der Waals surface area (Å²) in [5.41, 5.74) is 0.640. The van der Waals surface area contributed by atoms with Crippen molar-refractivity contribution in [3.8, 4) is 11.8 Å². The highest BCUT2D eigenvalue weighted by atomic mass is 19.3. The maximum absolute atomic E-state index is 12.4. The molecule has 1 aromatic heterocycles. The van der Waals surface area contributed by atoms with Crippen LogP contribution >= 0.6 is 0 Å². The van der Waals surface area contributed by atoms with Gasteiger partial charge in [-0.25, -0.2) is 8.78 Å². The van der Waals surface area contributed by atoms with E-state index < -0.39 is 6.43 Å². The number of rotatable bonds is 3. The second-order valence-corrected chi connectivity index (χ2v) is 2.95. The number of alkyl halides is 2. The van der Waals surface area contributed by atoms with Crippen LogP contribution in [0.1, 0.15) is 23.4 Å². The molecule has 0 saturated heterocycles. The summed E-state index contributed by atoms with van der Waals surface area (Å²) in [6.07, 6.45) is -2.53. The normalized spacial score (nSPS) is 10.1. The summed E-state index contributed by atoms with van der Waals surface area (Å²) < 4.78 is 29.7. The molecule has 1 aromatic rings. The van der Waals surface area contributed by atoms with E-state index in [4.69, 9.17) is 10.00 Å². The molecule has 0 atom stereocenters. The first kappa shape index (κ1) is 11.4.